The summed E-state index contributed by atoms with van der Waals surface area (Å²) in [6, 6.07) is 15.4. The Hall–Kier alpha value is -3.12. The minimum Gasteiger partial charge on any atom is -0.479 e. The quantitative estimate of drug-likeness (QED) is 0.331. The number of thiophene rings is 1. The van der Waals surface area contributed by atoms with Gasteiger partial charge in [-0.15, -0.1) is 11.3 Å². The molecule has 2 heterocycles. The van der Waals surface area contributed by atoms with E-state index in [1.807, 2.05) is 6.07 Å². The van der Waals surface area contributed by atoms with E-state index in [1.54, 1.807) is 48.5 Å². The third-order valence-electron chi connectivity index (χ3n) is 5.84. The van der Waals surface area contributed by atoms with Gasteiger partial charge < -0.3 is 20.3 Å². The van der Waals surface area contributed by atoms with Gasteiger partial charge in [-0.05, 0) is 49.2 Å². The first-order chi connectivity index (χ1) is 17.7. The maximum atomic E-state index is 13.7. The first kappa shape index (κ1) is 26.9. The van der Waals surface area contributed by atoms with Gasteiger partial charge in [0, 0.05) is 6.04 Å². The Morgan fingerprint density at radius 1 is 1.08 bits per heavy atom. The molecule has 1 aromatic heterocycles. The Morgan fingerprint density at radius 2 is 1.78 bits per heavy atom. The van der Waals surface area contributed by atoms with E-state index in [-0.39, 0.29) is 27.4 Å². The minimum atomic E-state index is -3.78. The van der Waals surface area contributed by atoms with Gasteiger partial charge in [-0.1, -0.05) is 54.1 Å². The van der Waals surface area contributed by atoms with Crippen molar-refractivity contribution in [2.75, 3.05) is 24.0 Å². The van der Waals surface area contributed by atoms with Crippen LogP contribution < -0.4 is 14.4 Å². The summed E-state index contributed by atoms with van der Waals surface area (Å²) in [7, 11) is -3.78. The molecule has 0 amide bonds. The molecule has 3 N–H and O–H groups in total. The van der Waals surface area contributed by atoms with Crippen molar-refractivity contribution in [3.63, 3.8) is 0 Å². The van der Waals surface area contributed by atoms with Crippen LogP contribution in [0.5, 0.6) is 5.75 Å². The first-order valence-corrected chi connectivity index (χ1v) is 14.2. The van der Waals surface area contributed by atoms with Gasteiger partial charge in [0.2, 0.25) is 10.0 Å². The Balaban J connectivity index is 1.76. The molecule has 4 rings (SSSR count). The Bertz CT molecular complexity index is 1390. The molecule has 0 unspecified atom stereocenters. The summed E-state index contributed by atoms with van der Waals surface area (Å²) in [5, 5.41) is 21.8. The molecule has 0 bridgehead atoms. The fourth-order valence-corrected chi connectivity index (χ4v) is 7.52. The molecule has 1 aliphatic heterocycles. The topological polar surface area (TPSA) is 133 Å². The number of piperidine rings is 1. The van der Waals surface area contributed by atoms with E-state index in [0.29, 0.717) is 47.6 Å². The monoisotopic (exact) mass is 564 g/mol. The van der Waals surface area contributed by atoms with Crippen LogP contribution in [0.4, 0.5) is 5.69 Å². The van der Waals surface area contributed by atoms with Gasteiger partial charge in [-0.3, -0.25) is 4.31 Å². The van der Waals surface area contributed by atoms with E-state index < -0.39 is 28.6 Å². The molecule has 0 aliphatic carbocycles. The Morgan fingerprint density at radius 3 is 2.43 bits per heavy atom. The largest absolute Gasteiger partial charge is 0.479 e. The molecule has 1 fully saturated rings. The number of nitrogens with zero attached hydrogens (tertiary/aromatic N) is 1. The van der Waals surface area contributed by atoms with Crippen LogP contribution in [-0.4, -0.2) is 56.3 Å². The van der Waals surface area contributed by atoms with Crippen molar-refractivity contribution in [2.45, 2.75) is 24.6 Å². The molecule has 37 heavy (non-hydrogen) atoms. The van der Waals surface area contributed by atoms with Gasteiger partial charge in [0.05, 0.1) is 16.3 Å². The maximum absolute atomic E-state index is 13.7. The normalized spacial score (nSPS) is 14.3. The second-order valence-electron chi connectivity index (χ2n) is 8.46. The number of carboxylic acids is 2. The lowest BCUT2D eigenvalue weighted by Crippen LogP contribution is -2.46. The molecule has 3 aromatic rings. The smallest absolute Gasteiger partial charge is 0.349 e. The average Bonchev–Trinajstić information content (AvgIpc) is 3.20. The van der Waals surface area contributed by atoms with Crippen LogP contribution in [0, 0.1) is 0 Å². The molecular formula is C25H25ClN2O7S2. The number of hydrogen-bond donors (Lipinski definition) is 3. The fourth-order valence-electron chi connectivity index (χ4n) is 4.26. The van der Waals surface area contributed by atoms with Crippen molar-refractivity contribution in [3.8, 4) is 16.2 Å². The van der Waals surface area contributed by atoms with E-state index in [9.17, 15) is 23.1 Å². The van der Waals surface area contributed by atoms with E-state index in [2.05, 4.69) is 5.32 Å². The standard InChI is InChI=1S/C25H25ClN2O7S2/c26-21-22(35-14-20(29)30)24(25(31)32)36-23(21)17-7-4-8-19(13-17)28(18-9-11-27-12-10-18)37(33,34)15-16-5-2-1-3-6-16/h1-8,13,18,27H,9-12,14-15H2,(H,29,30)(H,31,32). The predicted molar refractivity (Wildman–Crippen MR) is 142 cm³/mol. The van der Waals surface area contributed by atoms with Crippen molar-refractivity contribution in [1.29, 1.82) is 0 Å². The van der Waals surface area contributed by atoms with Gasteiger partial charge in [0.1, 0.15) is 5.02 Å². The van der Waals surface area contributed by atoms with E-state index >= 15 is 0 Å². The molecule has 0 saturated carbocycles. The van der Waals surface area contributed by atoms with Gasteiger partial charge in [0.25, 0.3) is 0 Å². The van der Waals surface area contributed by atoms with Crippen LogP contribution >= 0.6 is 22.9 Å². The maximum Gasteiger partial charge on any atom is 0.349 e. The third-order valence-corrected chi connectivity index (χ3v) is 9.33. The molecular weight excluding hydrogens is 540 g/mol. The summed E-state index contributed by atoms with van der Waals surface area (Å²) in [5.74, 6) is -2.98. The van der Waals surface area contributed by atoms with Crippen LogP contribution in [0.3, 0.4) is 0 Å². The minimum absolute atomic E-state index is 0.0404. The van der Waals surface area contributed by atoms with E-state index in [0.717, 1.165) is 11.3 Å². The molecule has 1 aliphatic rings. The molecule has 0 spiro atoms. The highest BCUT2D eigenvalue weighted by molar-refractivity contribution is 7.92. The van der Waals surface area contributed by atoms with Gasteiger partial charge in [0.15, 0.2) is 17.2 Å². The van der Waals surface area contributed by atoms with Crippen molar-refractivity contribution in [2.24, 2.45) is 0 Å². The number of halogens is 1. The van der Waals surface area contributed by atoms with Crippen molar-refractivity contribution in [1.82, 2.24) is 5.32 Å². The number of ether oxygens (including phenoxy) is 1. The van der Waals surface area contributed by atoms with Crippen LogP contribution in [0.25, 0.3) is 10.4 Å². The van der Waals surface area contributed by atoms with Crippen LogP contribution in [0.2, 0.25) is 5.02 Å². The molecule has 0 radical (unpaired) electrons. The second-order valence-corrected chi connectivity index (χ2v) is 11.7. The van der Waals surface area contributed by atoms with E-state index in [4.69, 9.17) is 21.4 Å². The highest BCUT2D eigenvalue weighted by atomic mass is 35.5. The number of carboxylic acid groups (broad SMARTS) is 2. The Labute approximate surface area is 223 Å². The lowest BCUT2D eigenvalue weighted by Gasteiger charge is -2.35. The summed E-state index contributed by atoms with van der Waals surface area (Å²) in [4.78, 5) is 22.8. The highest BCUT2D eigenvalue weighted by Crippen LogP contribution is 2.46. The van der Waals surface area contributed by atoms with Crippen molar-refractivity contribution in [3.05, 3.63) is 70.1 Å². The first-order valence-electron chi connectivity index (χ1n) is 11.4. The number of nitrogens with one attached hydrogen (secondary N) is 1. The number of aliphatic carboxylic acids is 1. The zero-order chi connectivity index (χ0) is 26.6. The zero-order valence-corrected chi connectivity index (χ0v) is 22.0. The summed E-state index contributed by atoms with van der Waals surface area (Å²) in [5.41, 5.74) is 1.61. The summed E-state index contributed by atoms with van der Waals surface area (Å²) < 4.78 is 34.1. The summed E-state index contributed by atoms with van der Waals surface area (Å²) in [6.45, 7) is 0.618. The number of rotatable bonds is 10. The Kier molecular flexibility index (Phi) is 8.38. The molecule has 9 nitrogen and oxygen atoms in total. The molecule has 196 valence electrons. The molecule has 12 heteroatoms. The summed E-state index contributed by atoms with van der Waals surface area (Å²) >= 11 is 7.30. The summed E-state index contributed by atoms with van der Waals surface area (Å²) in [6.07, 6.45) is 1.27. The third kappa shape index (κ3) is 6.24. The fraction of sp³-hybridized carbons (Fsp3) is 0.280. The van der Waals surface area contributed by atoms with E-state index in [1.165, 1.54) is 4.31 Å². The van der Waals surface area contributed by atoms with Crippen LogP contribution in [0.15, 0.2) is 54.6 Å². The lowest BCUT2D eigenvalue weighted by molar-refractivity contribution is -0.139. The number of aromatic carboxylic acids is 1. The number of benzene rings is 2. The number of sulfonamides is 1. The highest BCUT2D eigenvalue weighted by Gasteiger charge is 2.32. The zero-order valence-electron chi connectivity index (χ0n) is 19.6. The van der Waals surface area contributed by atoms with Crippen molar-refractivity contribution < 1.29 is 33.0 Å². The molecule has 2 aromatic carbocycles. The van der Waals surface area contributed by atoms with Crippen LogP contribution in [-0.2, 0) is 20.6 Å². The second kappa shape index (κ2) is 11.5. The molecule has 0 atom stereocenters. The average molecular weight is 565 g/mol. The molecule has 1 saturated heterocycles. The van der Waals surface area contributed by atoms with Crippen molar-refractivity contribution >= 4 is 50.6 Å². The van der Waals surface area contributed by atoms with Crippen LogP contribution in [0.1, 0.15) is 28.1 Å². The number of hydrogen-bond acceptors (Lipinski definition) is 7. The lowest BCUT2D eigenvalue weighted by atomic mass is 10.1. The van der Waals surface area contributed by atoms with Gasteiger partial charge >= 0.3 is 11.9 Å². The van der Waals surface area contributed by atoms with Gasteiger partial charge in [-0.2, -0.15) is 0 Å². The number of anilines is 1. The number of carbonyl (C=O) groups is 2. The van der Waals surface area contributed by atoms with Gasteiger partial charge in [-0.25, -0.2) is 18.0 Å². The SMILES string of the molecule is O=C(O)COc1c(C(=O)O)sc(-c2cccc(N(C3CCNCC3)S(=O)(=O)Cc3ccccc3)c2)c1Cl. The predicted octanol–water partition coefficient (Wildman–Crippen LogP) is 4.32.